The monoisotopic (exact) mass is 224 g/mol. The highest BCUT2D eigenvalue weighted by molar-refractivity contribution is 6.30. The molecule has 0 atom stereocenters. The number of nitrogens with zero attached hydrogens (tertiary/aromatic N) is 2. The van der Waals surface area contributed by atoms with Crippen molar-refractivity contribution in [2.45, 2.75) is 13.3 Å². The quantitative estimate of drug-likeness (QED) is 0.569. The maximum atomic E-state index is 11.3. The summed E-state index contributed by atoms with van der Waals surface area (Å²) in [5.41, 5.74) is 0.862. The summed E-state index contributed by atoms with van der Waals surface area (Å²) in [7, 11) is 1.25. The lowest BCUT2D eigenvalue weighted by molar-refractivity contribution is 0.0600. The van der Waals surface area contributed by atoms with Crippen LogP contribution in [0.1, 0.15) is 28.5 Å². The highest BCUT2D eigenvalue weighted by Crippen LogP contribution is 2.18. The number of ether oxygens (including phenoxy) is 1. The number of nitriles is 1. The van der Waals surface area contributed by atoms with Gasteiger partial charge < -0.3 is 4.74 Å². The third kappa shape index (κ3) is 2.25. The molecule has 0 radical (unpaired) electrons. The van der Waals surface area contributed by atoms with Gasteiger partial charge in [-0.3, -0.25) is 0 Å². The van der Waals surface area contributed by atoms with E-state index in [1.54, 1.807) is 12.1 Å². The average Bonchev–Trinajstić information content (AvgIpc) is 2.27. The third-order valence-corrected chi connectivity index (χ3v) is 2.27. The smallest absolute Gasteiger partial charge is 0.340 e. The first-order valence-corrected chi connectivity index (χ1v) is 4.69. The van der Waals surface area contributed by atoms with Crippen molar-refractivity contribution in [3.05, 3.63) is 28.0 Å². The molecule has 0 saturated carbocycles. The maximum Gasteiger partial charge on any atom is 0.340 e. The minimum Gasteiger partial charge on any atom is -0.465 e. The van der Waals surface area contributed by atoms with E-state index in [0.717, 1.165) is 5.56 Å². The highest BCUT2D eigenvalue weighted by atomic mass is 35.5. The van der Waals surface area contributed by atoms with Crippen molar-refractivity contribution in [1.29, 1.82) is 5.26 Å². The number of halogens is 1. The summed E-state index contributed by atoms with van der Waals surface area (Å²) < 4.78 is 4.54. The van der Waals surface area contributed by atoms with Crippen LogP contribution in [0.2, 0.25) is 5.15 Å². The van der Waals surface area contributed by atoms with Crippen LogP contribution in [-0.2, 0) is 11.2 Å². The van der Waals surface area contributed by atoms with E-state index in [4.69, 9.17) is 16.9 Å². The molecule has 0 aliphatic heterocycles. The Morgan fingerprint density at radius 1 is 1.73 bits per heavy atom. The second kappa shape index (κ2) is 4.76. The normalized spacial score (nSPS) is 9.47. The zero-order valence-electron chi connectivity index (χ0n) is 8.37. The van der Waals surface area contributed by atoms with Crippen molar-refractivity contribution >= 4 is 17.6 Å². The van der Waals surface area contributed by atoms with Gasteiger partial charge in [-0.1, -0.05) is 18.5 Å². The number of pyridine rings is 1. The van der Waals surface area contributed by atoms with Crippen LogP contribution in [0.5, 0.6) is 0 Å². The predicted molar refractivity (Wildman–Crippen MR) is 54.7 cm³/mol. The zero-order valence-corrected chi connectivity index (χ0v) is 9.13. The van der Waals surface area contributed by atoms with Gasteiger partial charge in [-0.25, -0.2) is 9.78 Å². The maximum absolute atomic E-state index is 11.3. The Balaban J connectivity index is 3.37. The molecule has 0 saturated heterocycles. The molecule has 1 aromatic heterocycles. The molecule has 0 aliphatic carbocycles. The van der Waals surface area contributed by atoms with Crippen LogP contribution in [0.4, 0.5) is 0 Å². The van der Waals surface area contributed by atoms with Crippen molar-refractivity contribution < 1.29 is 9.53 Å². The molecule has 0 aromatic carbocycles. The van der Waals surface area contributed by atoms with E-state index in [1.807, 2.05) is 6.92 Å². The molecular weight excluding hydrogens is 216 g/mol. The molecule has 0 unspecified atom stereocenters. The second-order valence-corrected chi connectivity index (χ2v) is 3.15. The summed E-state index contributed by atoms with van der Waals surface area (Å²) >= 11 is 5.81. The molecule has 1 rings (SSSR count). The van der Waals surface area contributed by atoms with Gasteiger partial charge in [-0.2, -0.15) is 5.26 Å². The number of carbonyl (C=O) groups is 1. The van der Waals surface area contributed by atoms with Crippen LogP contribution in [0, 0.1) is 11.3 Å². The lowest BCUT2D eigenvalue weighted by Gasteiger charge is -2.05. The van der Waals surface area contributed by atoms with E-state index >= 15 is 0 Å². The van der Waals surface area contributed by atoms with E-state index in [-0.39, 0.29) is 16.4 Å². The van der Waals surface area contributed by atoms with Crippen LogP contribution in [0.15, 0.2) is 6.07 Å². The number of rotatable bonds is 2. The number of esters is 1. The van der Waals surface area contributed by atoms with E-state index in [1.165, 1.54) is 7.11 Å². The first-order chi connectivity index (χ1) is 7.13. The fourth-order valence-electron chi connectivity index (χ4n) is 1.13. The van der Waals surface area contributed by atoms with Gasteiger partial charge >= 0.3 is 5.97 Å². The van der Waals surface area contributed by atoms with Crippen molar-refractivity contribution in [2.24, 2.45) is 0 Å². The fraction of sp³-hybridized carbons (Fsp3) is 0.300. The molecule has 0 spiro atoms. The van der Waals surface area contributed by atoms with Gasteiger partial charge in [0.15, 0.2) is 5.69 Å². The highest BCUT2D eigenvalue weighted by Gasteiger charge is 2.16. The molecule has 1 aromatic rings. The summed E-state index contributed by atoms with van der Waals surface area (Å²) in [5.74, 6) is -0.578. The lowest BCUT2D eigenvalue weighted by atomic mass is 10.1. The van der Waals surface area contributed by atoms with Crippen molar-refractivity contribution in [3.8, 4) is 6.07 Å². The summed E-state index contributed by atoms with van der Waals surface area (Å²) in [4.78, 5) is 15.2. The number of aromatic nitrogens is 1. The number of hydrogen-bond acceptors (Lipinski definition) is 4. The van der Waals surface area contributed by atoms with Crippen LogP contribution in [-0.4, -0.2) is 18.1 Å². The number of hydrogen-bond donors (Lipinski definition) is 0. The Morgan fingerprint density at radius 3 is 2.87 bits per heavy atom. The second-order valence-electron chi connectivity index (χ2n) is 2.79. The van der Waals surface area contributed by atoms with Crippen molar-refractivity contribution in [2.75, 3.05) is 7.11 Å². The minimum absolute atomic E-state index is 0.0101. The van der Waals surface area contributed by atoms with Gasteiger partial charge in [-0.05, 0) is 18.1 Å². The van der Waals surface area contributed by atoms with Crippen LogP contribution < -0.4 is 0 Å². The average molecular weight is 225 g/mol. The van der Waals surface area contributed by atoms with E-state index in [0.29, 0.717) is 6.42 Å². The topological polar surface area (TPSA) is 63.0 Å². The standard InChI is InChI=1S/C10H9ClN2O2/c1-3-6-4-7(10(14)15-2)8(5-12)13-9(6)11/h4H,3H2,1-2H3. The van der Waals surface area contributed by atoms with Crippen LogP contribution in [0.3, 0.4) is 0 Å². The predicted octanol–water partition coefficient (Wildman–Crippen LogP) is 1.96. The van der Waals surface area contributed by atoms with Gasteiger partial charge in [0.1, 0.15) is 11.2 Å². The molecule has 0 aliphatic rings. The summed E-state index contributed by atoms with van der Waals surface area (Å²) in [5, 5.41) is 9.02. The lowest BCUT2D eigenvalue weighted by Crippen LogP contribution is -2.07. The molecular formula is C10H9ClN2O2. The van der Waals surface area contributed by atoms with Crippen molar-refractivity contribution in [3.63, 3.8) is 0 Å². The van der Waals surface area contributed by atoms with Crippen LogP contribution >= 0.6 is 11.6 Å². The molecule has 4 nitrogen and oxygen atoms in total. The first-order valence-electron chi connectivity index (χ1n) is 4.31. The van der Waals surface area contributed by atoms with Gasteiger partial charge in [-0.15, -0.1) is 0 Å². The third-order valence-electron chi connectivity index (χ3n) is 1.94. The molecule has 0 fully saturated rings. The van der Waals surface area contributed by atoms with Gasteiger partial charge in [0.05, 0.1) is 12.7 Å². The largest absolute Gasteiger partial charge is 0.465 e. The molecule has 5 heteroatoms. The zero-order chi connectivity index (χ0) is 11.4. The first kappa shape index (κ1) is 11.5. The molecule has 78 valence electrons. The van der Waals surface area contributed by atoms with Gasteiger partial charge in [0.25, 0.3) is 0 Å². The summed E-state index contributed by atoms with van der Waals surface area (Å²) in [6.45, 7) is 1.88. The Morgan fingerprint density at radius 2 is 2.40 bits per heavy atom. The Labute approximate surface area is 92.4 Å². The van der Waals surface area contributed by atoms with E-state index in [9.17, 15) is 4.79 Å². The summed E-state index contributed by atoms with van der Waals surface area (Å²) in [6, 6.07) is 3.35. The van der Waals surface area contributed by atoms with Gasteiger partial charge in [0, 0.05) is 0 Å². The number of carbonyl (C=O) groups excluding carboxylic acids is 1. The molecule has 0 bridgehead atoms. The minimum atomic E-state index is -0.578. The number of aryl methyl sites for hydroxylation is 1. The Kier molecular flexibility index (Phi) is 3.64. The molecule has 0 N–H and O–H groups in total. The van der Waals surface area contributed by atoms with Crippen LogP contribution in [0.25, 0.3) is 0 Å². The fourth-order valence-corrected chi connectivity index (χ4v) is 1.40. The number of methoxy groups -OCH3 is 1. The van der Waals surface area contributed by atoms with E-state index in [2.05, 4.69) is 9.72 Å². The van der Waals surface area contributed by atoms with E-state index < -0.39 is 5.97 Å². The van der Waals surface area contributed by atoms with Gasteiger partial charge in [0.2, 0.25) is 0 Å². The molecule has 15 heavy (non-hydrogen) atoms. The Hall–Kier alpha value is -1.60. The summed E-state index contributed by atoms with van der Waals surface area (Å²) in [6.07, 6.45) is 0.640. The SMILES string of the molecule is CCc1cc(C(=O)OC)c(C#N)nc1Cl. The molecule has 0 amide bonds. The van der Waals surface area contributed by atoms with Crippen molar-refractivity contribution in [1.82, 2.24) is 4.98 Å². The Bertz CT molecular complexity index is 438. The molecule has 1 heterocycles.